The molecule has 1 amide bonds. The molecule has 0 aliphatic carbocycles. The molecule has 5 heteroatoms. The minimum absolute atomic E-state index is 0.105. The van der Waals surface area contributed by atoms with Gasteiger partial charge in [-0.2, -0.15) is 5.26 Å². The van der Waals surface area contributed by atoms with Crippen molar-refractivity contribution < 1.29 is 14.3 Å². The van der Waals surface area contributed by atoms with Crippen LogP contribution >= 0.6 is 0 Å². The lowest BCUT2D eigenvalue weighted by Gasteiger charge is -2.28. The van der Waals surface area contributed by atoms with E-state index < -0.39 is 6.09 Å². The van der Waals surface area contributed by atoms with Crippen molar-refractivity contribution in [1.29, 1.82) is 5.26 Å². The van der Waals surface area contributed by atoms with E-state index in [1.54, 1.807) is 0 Å². The van der Waals surface area contributed by atoms with Gasteiger partial charge in [0, 0.05) is 6.42 Å². The van der Waals surface area contributed by atoms with E-state index in [1.165, 1.54) is 5.56 Å². The second-order valence-corrected chi connectivity index (χ2v) is 5.63. The molecule has 0 saturated heterocycles. The number of rotatable bonds is 4. The van der Waals surface area contributed by atoms with Gasteiger partial charge in [0.15, 0.2) is 0 Å². The second-order valence-electron chi connectivity index (χ2n) is 5.63. The maximum Gasteiger partial charge on any atom is 0.404 e. The average Bonchev–Trinajstić information content (AvgIpc) is 2.61. The van der Waals surface area contributed by atoms with Crippen LogP contribution in [0, 0.1) is 11.3 Å². The molecular weight excluding hydrogens is 304 g/mol. The quantitative estimate of drug-likeness (QED) is 0.935. The van der Waals surface area contributed by atoms with E-state index in [0.29, 0.717) is 18.6 Å². The van der Waals surface area contributed by atoms with E-state index in [2.05, 4.69) is 18.2 Å². The van der Waals surface area contributed by atoms with Crippen LogP contribution in [0.4, 0.5) is 4.79 Å². The molecule has 1 unspecified atom stereocenters. The Kier molecular flexibility index (Phi) is 4.78. The van der Waals surface area contributed by atoms with Gasteiger partial charge in [-0.05, 0) is 40.8 Å². The minimum Gasteiger partial charge on any atom is -0.450 e. The zero-order chi connectivity index (χ0) is 16.9. The third-order valence-corrected chi connectivity index (χ3v) is 4.18. The van der Waals surface area contributed by atoms with Gasteiger partial charge in [0.25, 0.3) is 0 Å². The maximum absolute atomic E-state index is 10.7. The zero-order valence-electron chi connectivity index (χ0n) is 13.2. The minimum atomic E-state index is -0.766. The Morgan fingerprint density at radius 3 is 2.79 bits per heavy atom. The Hall–Kier alpha value is -2.84. The molecule has 0 spiro atoms. The number of nitrogens with two attached hydrogens (primary N) is 1. The molecule has 2 N–H and O–H groups in total. The van der Waals surface area contributed by atoms with E-state index in [4.69, 9.17) is 20.5 Å². The summed E-state index contributed by atoms with van der Waals surface area (Å²) < 4.78 is 10.7. The molecule has 0 fully saturated rings. The number of fused-ring (bicyclic) bond motifs is 1. The second kappa shape index (κ2) is 7.16. The molecule has 1 atom stereocenters. The Morgan fingerprint density at radius 2 is 2.08 bits per heavy atom. The number of carbonyl (C=O) groups is 1. The summed E-state index contributed by atoms with van der Waals surface area (Å²) in [6.07, 6.45) is 0.537. The van der Waals surface area contributed by atoms with Gasteiger partial charge in [-0.25, -0.2) is 4.79 Å². The topological polar surface area (TPSA) is 85.3 Å². The van der Waals surface area contributed by atoms with Gasteiger partial charge in [-0.3, -0.25) is 0 Å². The highest BCUT2D eigenvalue weighted by Gasteiger charge is 2.23. The number of primary amides is 1. The first-order valence-electron chi connectivity index (χ1n) is 7.85. The molecule has 0 bridgehead atoms. The predicted molar refractivity (Wildman–Crippen MR) is 89.1 cm³/mol. The zero-order valence-corrected chi connectivity index (χ0v) is 13.2. The summed E-state index contributed by atoms with van der Waals surface area (Å²) in [6.45, 7) is 0.863. The fraction of sp³-hybridized carbons (Fsp3) is 0.263. The number of carbonyl (C=O) groups excluding carboxylic acids is 1. The summed E-state index contributed by atoms with van der Waals surface area (Å²) in [5.41, 5.74) is 10.3. The predicted octanol–water partition coefficient (Wildman–Crippen LogP) is 3.32. The molecule has 2 aromatic carbocycles. The molecule has 1 heterocycles. The molecule has 2 aromatic rings. The van der Waals surface area contributed by atoms with Crippen molar-refractivity contribution >= 4 is 6.09 Å². The van der Waals surface area contributed by atoms with Crippen LogP contribution in [0.15, 0.2) is 42.5 Å². The maximum atomic E-state index is 10.7. The Balaban J connectivity index is 1.88. The van der Waals surface area contributed by atoms with Crippen LogP contribution in [0.25, 0.3) is 11.1 Å². The first kappa shape index (κ1) is 16.0. The number of benzene rings is 2. The SMILES string of the molecule is N#Cc1ccc(-c2cccc3c2CCOC3CCOC(N)=O)cc1. The van der Waals surface area contributed by atoms with Crippen LogP contribution in [-0.4, -0.2) is 19.3 Å². The molecule has 1 aliphatic heterocycles. The summed E-state index contributed by atoms with van der Waals surface area (Å²) in [5, 5.41) is 8.94. The van der Waals surface area contributed by atoms with Crippen molar-refractivity contribution in [3.8, 4) is 17.2 Å². The molecule has 0 saturated carbocycles. The average molecular weight is 322 g/mol. The first-order chi connectivity index (χ1) is 11.7. The van der Waals surface area contributed by atoms with Crippen molar-refractivity contribution in [2.45, 2.75) is 18.9 Å². The monoisotopic (exact) mass is 322 g/mol. The lowest BCUT2D eigenvalue weighted by molar-refractivity contribution is 0.0230. The number of hydrogen-bond donors (Lipinski definition) is 1. The normalized spacial score (nSPS) is 16.0. The van der Waals surface area contributed by atoms with Crippen LogP contribution < -0.4 is 5.73 Å². The number of nitriles is 1. The van der Waals surface area contributed by atoms with Gasteiger partial charge in [-0.15, -0.1) is 0 Å². The molecule has 24 heavy (non-hydrogen) atoms. The fourth-order valence-corrected chi connectivity index (χ4v) is 3.08. The summed E-state index contributed by atoms with van der Waals surface area (Å²) in [5.74, 6) is 0. The van der Waals surface area contributed by atoms with E-state index >= 15 is 0 Å². The molecule has 0 aromatic heterocycles. The Morgan fingerprint density at radius 1 is 1.29 bits per heavy atom. The molecular formula is C19H18N2O3. The lowest BCUT2D eigenvalue weighted by atomic mass is 9.88. The molecule has 5 nitrogen and oxygen atoms in total. The summed E-state index contributed by atoms with van der Waals surface area (Å²) >= 11 is 0. The van der Waals surface area contributed by atoms with Crippen LogP contribution in [0.2, 0.25) is 0 Å². The van der Waals surface area contributed by atoms with Crippen molar-refractivity contribution in [3.05, 3.63) is 59.2 Å². The van der Waals surface area contributed by atoms with Crippen LogP contribution in [-0.2, 0) is 15.9 Å². The van der Waals surface area contributed by atoms with Crippen LogP contribution in [0.1, 0.15) is 29.2 Å². The first-order valence-corrected chi connectivity index (χ1v) is 7.85. The van der Waals surface area contributed by atoms with Crippen molar-refractivity contribution in [2.24, 2.45) is 5.73 Å². The van der Waals surface area contributed by atoms with Crippen molar-refractivity contribution in [1.82, 2.24) is 0 Å². The van der Waals surface area contributed by atoms with Crippen LogP contribution in [0.5, 0.6) is 0 Å². The van der Waals surface area contributed by atoms with Gasteiger partial charge in [0.1, 0.15) is 0 Å². The van der Waals surface area contributed by atoms with Crippen LogP contribution in [0.3, 0.4) is 0 Å². The number of hydrogen-bond acceptors (Lipinski definition) is 4. The van der Waals surface area contributed by atoms with E-state index in [-0.39, 0.29) is 12.7 Å². The Bertz CT molecular complexity index is 778. The molecule has 1 aliphatic rings. The largest absolute Gasteiger partial charge is 0.450 e. The number of amides is 1. The van der Waals surface area contributed by atoms with Crippen molar-refractivity contribution in [3.63, 3.8) is 0 Å². The molecule has 3 rings (SSSR count). The van der Waals surface area contributed by atoms with E-state index in [1.807, 2.05) is 30.3 Å². The lowest BCUT2D eigenvalue weighted by Crippen LogP contribution is -2.20. The van der Waals surface area contributed by atoms with Gasteiger partial charge in [0.2, 0.25) is 0 Å². The highest BCUT2D eigenvalue weighted by atomic mass is 16.5. The third-order valence-electron chi connectivity index (χ3n) is 4.18. The number of nitrogens with zero attached hydrogens (tertiary/aromatic N) is 1. The third kappa shape index (κ3) is 3.39. The summed E-state index contributed by atoms with van der Waals surface area (Å²) in [4.78, 5) is 10.7. The van der Waals surface area contributed by atoms with Gasteiger partial charge < -0.3 is 15.2 Å². The molecule has 122 valence electrons. The van der Waals surface area contributed by atoms with Crippen molar-refractivity contribution in [2.75, 3.05) is 13.2 Å². The number of ether oxygens (including phenoxy) is 2. The standard InChI is InChI=1S/C19H18N2O3/c20-12-13-4-6-14(7-5-13)15-2-1-3-17-16(15)8-10-23-18(17)9-11-24-19(21)22/h1-7,18H,8-11H2,(H2,21,22). The van der Waals surface area contributed by atoms with E-state index in [0.717, 1.165) is 23.1 Å². The van der Waals surface area contributed by atoms with E-state index in [9.17, 15) is 4.79 Å². The Labute approximate surface area is 140 Å². The smallest absolute Gasteiger partial charge is 0.404 e. The van der Waals surface area contributed by atoms with Gasteiger partial charge in [-0.1, -0.05) is 30.3 Å². The summed E-state index contributed by atoms with van der Waals surface area (Å²) in [6, 6.07) is 15.9. The summed E-state index contributed by atoms with van der Waals surface area (Å²) in [7, 11) is 0. The fourth-order valence-electron chi connectivity index (χ4n) is 3.08. The van der Waals surface area contributed by atoms with Gasteiger partial charge in [0.05, 0.1) is 31.0 Å². The van der Waals surface area contributed by atoms with Gasteiger partial charge >= 0.3 is 6.09 Å². The molecule has 0 radical (unpaired) electrons. The highest BCUT2D eigenvalue weighted by molar-refractivity contribution is 5.70. The highest BCUT2D eigenvalue weighted by Crippen LogP contribution is 2.36.